The Kier molecular flexibility index (Phi) is 4.63. The summed E-state index contributed by atoms with van der Waals surface area (Å²) in [4.78, 5) is 13.9. The van der Waals surface area contributed by atoms with Gasteiger partial charge in [0.2, 0.25) is 0 Å². The molecule has 1 aliphatic rings. The Labute approximate surface area is 136 Å². The molecule has 2 atom stereocenters. The standard InChI is InChI=1S/C19H21NO3/c1-23-18-10-6-5-9-15(18)16-12-20(13-17(16)19(21)22)11-14-7-3-2-4-8-14/h2-10,16-17H,11-13H2,1H3,(H,21,22). The van der Waals surface area contributed by atoms with Crippen molar-refractivity contribution in [3.63, 3.8) is 0 Å². The Bertz CT molecular complexity index is 671. The van der Waals surface area contributed by atoms with Crippen LogP contribution in [-0.4, -0.2) is 36.2 Å². The predicted octanol–water partition coefficient (Wildman–Crippen LogP) is 3.00. The van der Waals surface area contributed by atoms with Crippen LogP contribution in [0.4, 0.5) is 0 Å². The monoisotopic (exact) mass is 311 g/mol. The van der Waals surface area contributed by atoms with Crippen molar-refractivity contribution in [2.24, 2.45) is 5.92 Å². The molecule has 2 aromatic rings. The summed E-state index contributed by atoms with van der Waals surface area (Å²) in [5.74, 6) is -0.427. The minimum atomic E-state index is -0.739. The first-order valence-corrected chi connectivity index (χ1v) is 7.81. The minimum Gasteiger partial charge on any atom is -0.496 e. The Morgan fingerprint density at radius 2 is 1.83 bits per heavy atom. The first kappa shape index (κ1) is 15.6. The van der Waals surface area contributed by atoms with Crippen LogP contribution in [0.2, 0.25) is 0 Å². The van der Waals surface area contributed by atoms with Crippen LogP contribution in [0, 0.1) is 5.92 Å². The van der Waals surface area contributed by atoms with E-state index in [-0.39, 0.29) is 5.92 Å². The van der Waals surface area contributed by atoms with Gasteiger partial charge in [0.15, 0.2) is 0 Å². The van der Waals surface area contributed by atoms with E-state index in [1.54, 1.807) is 7.11 Å². The summed E-state index contributed by atoms with van der Waals surface area (Å²) in [5, 5.41) is 9.62. The molecule has 1 fully saturated rings. The molecule has 0 radical (unpaired) electrons. The third-order valence-corrected chi connectivity index (χ3v) is 4.50. The van der Waals surface area contributed by atoms with Crippen molar-refractivity contribution in [1.29, 1.82) is 0 Å². The topological polar surface area (TPSA) is 49.8 Å². The molecule has 0 aliphatic carbocycles. The van der Waals surface area contributed by atoms with Crippen molar-refractivity contribution < 1.29 is 14.6 Å². The number of ether oxygens (including phenoxy) is 1. The molecule has 0 aromatic heterocycles. The minimum absolute atomic E-state index is 0.0487. The van der Waals surface area contributed by atoms with Gasteiger partial charge in [-0.1, -0.05) is 48.5 Å². The van der Waals surface area contributed by atoms with Crippen LogP contribution >= 0.6 is 0 Å². The van der Waals surface area contributed by atoms with Crippen LogP contribution in [0.15, 0.2) is 54.6 Å². The highest BCUT2D eigenvalue weighted by atomic mass is 16.5. The number of likely N-dealkylation sites (tertiary alicyclic amines) is 1. The number of hydrogen-bond acceptors (Lipinski definition) is 3. The SMILES string of the molecule is COc1ccccc1C1CN(Cc2ccccc2)CC1C(=O)O. The lowest BCUT2D eigenvalue weighted by molar-refractivity contribution is -0.141. The normalized spacial score (nSPS) is 21.3. The van der Waals surface area contributed by atoms with Crippen molar-refractivity contribution in [3.8, 4) is 5.75 Å². The average molecular weight is 311 g/mol. The fourth-order valence-electron chi connectivity index (χ4n) is 3.39. The first-order chi connectivity index (χ1) is 11.2. The van der Waals surface area contributed by atoms with E-state index in [2.05, 4.69) is 17.0 Å². The molecule has 0 saturated carbocycles. The molecule has 4 heteroatoms. The molecule has 0 amide bonds. The molecular weight excluding hydrogens is 290 g/mol. The maximum Gasteiger partial charge on any atom is 0.308 e. The number of benzene rings is 2. The second-order valence-electron chi connectivity index (χ2n) is 5.97. The largest absolute Gasteiger partial charge is 0.496 e. The molecule has 1 saturated heterocycles. The van der Waals surface area contributed by atoms with E-state index in [1.807, 2.05) is 42.5 Å². The lowest BCUT2D eigenvalue weighted by atomic mass is 9.88. The second kappa shape index (κ2) is 6.84. The average Bonchev–Trinajstić information content (AvgIpc) is 2.99. The van der Waals surface area contributed by atoms with Crippen LogP contribution in [-0.2, 0) is 11.3 Å². The van der Waals surface area contributed by atoms with Crippen molar-refractivity contribution in [2.75, 3.05) is 20.2 Å². The summed E-state index contributed by atoms with van der Waals surface area (Å²) < 4.78 is 5.43. The van der Waals surface area contributed by atoms with Gasteiger partial charge in [0.25, 0.3) is 0 Å². The molecule has 23 heavy (non-hydrogen) atoms. The van der Waals surface area contributed by atoms with Crippen LogP contribution in [0.25, 0.3) is 0 Å². The van der Waals surface area contributed by atoms with Crippen molar-refractivity contribution in [2.45, 2.75) is 12.5 Å². The zero-order chi connectivity index (χ0) is 16.2. The molecule has 4 nitrogen and oxygen atoms in total. The van der Waals surface area contributed by atoms with Gasteiger partial charge in [-0.25, -0.2) is 0 Å². The van der Waals surface area contributed by atoms with E-state index in [4.69, 9.17) is 4.74 Å². The van der Waals surface area contributed by atoms with Crippen LogP contribution in [0.5, 0.6) is 5.75 Å². The molecule has 0 bridgehead atoms. The van der Waals surface area contributed by atoms with Gasteiger partial charge >= 0.3 is 5.97 Å². The van der Waals surface area contributed by atoms with Crippen LogP contribution < -0.4 is 4.74 Å². The summed E-state index contributed by atoms with van der Waals surface area (Å²) in [6.45, 7) is 2.06. The maximum atomic E-state index is 11.7. The Morgan fingerprint density at radius 1 is 1.13 bits per heavy atom. The summed E-state index contributed by atoms with van der Waals surface area (Å²) in [7, 11) is 1.63. The van der Waals surface area contributed by atoms with Gasteiger partial charge in [-0.05, 0) is 17.2 Å². The summed E-state index contributed by atoms with van der Waals surface area (Å²) >= 11 is 0. The molecule has 2 unspecified atom stereocenters. The van der Waals surface area contributed by atoms with E-state index in [1.165, 1.54) is 5.56 Å². The second-order valence-corrected chi connectivity index (χ2v) is 5.97. The number of methoxy groups -OCH3 is 1. The highest BCUT2D eigenvalue weighted by Crippen LogP contribution is 2.38. The van der Waals surface area contributed by atoms with E-state index in [0.29, 0.717) is 6.54 Å². The fourth-order valence-corrected chi connectivity index (χ4v) is 3.39. The smallest absolute Gasteiger partial charge is 0.308 e. The molecule has 2 aromatic carbocycles. The lowest BCUT2D eigenvalue weighted by Gasteiger charge is -2.18. The van der Waals surface area contributed by atoms with Crippen molar-refractivity contribution >= 4 is 5.97 Å². The molecule has 1 N–H and O–H groups in total. The Morgan fingerprint density at radius 3 is 2.52 bits per heavy atom. The first-order valence-electron chi connectivity index (χ1n) is 7.81. The number of aliphatic carboxylic acids is 1. The van der Waals surface area contributed by atoms with Crippen LogP contribution in [0.1, 0.15) is 17.0 Å². The van der Waals surface area contributed by atoms with E-state index < -0.39 is 11.9 Å². The maximum absolute atomic E-state index is 11.7. The van der Waals surface area contributed by atoms with Crippen molar-refractivity contribution in [3.05, 3.63) is 65.7 Å². The quantitative estimate of drug-likeness (QED) is 0.922. The van der Waals surface area contributed by atoms with Crippen LogP contribution in [0.3, 0.4) is 0 Å². The lowest BCUT2D eigenvalue weighted by Crippen LogP contribution is -2.23. The summed E-state index contributed by atoms with van der Waals surface area (Å²) in [5.41, 5.74) is 2.19. The highest BCUT2D eigenvalue weighted by molar-refractivity contribution is 5.72. The Balaban J connectivity index is 1.83. The summed E-state index contributed by atoms with van der Waals surface area (Å²) in [6, 6.07) is 17.9. The number of nitrogens with zero attached hydrogens (tertiary/aromatic N) is 1. The number of carboxylic acids is 1. The highest BCUT2D eigenvalue weighted by Gasteiger charge is 2.39. The van der Waals surface area contributed by atoms with Crippen molar-refractivity contribution in [1.82, 2.24) is 4.90 Å². The molecule has 1 heterocycles. The van der Waals surface area contributed by atoms with Gasteiger partial charge in [0, 0.05) is 25.6 Å². The molecule has 3 rings (SSSR count). The van der Waals surface area contributed by atoms with Gasteiger partial charge in [-0.3, -0.25) is 9.69 Å². The number of para-hydroxylation sites is 1. The number of rotatable bonds is 5. The zero-order valence-electron chi connectivity index (χ0n) is 13.2. The summed E-state index contributed by atoms with van der Waals surface area (Å²) in [6.07, 6.45) is 0. The molecular formula is C19H21NO3. The van der Waals surface area contributed by atoms with E-state index >= 15 is 0 Å². The number of carbonyl (C=O) groups is 1. The molecule has 120 valence electrons. The number of carboxylic acid groups (broad SMARTS) is 1. The van der Waals surface area contributed by atoms with E-state index in [0.717, 1.165) is 24.4 Å². The van der Waals surface area contributed by atoms with E-state index in [9.17, 15) is 9.90 Å². The molecule has 0 spiro atoms. The van der Waals surface area contributed by atoms with Gasteiger partial charge in [0.05, 0.1) is 13.0 Å². The molecule has 1 aliphatic heterocycles. The third-order valence-electron chi connectivity index (χ3n) is 4.50. The fraction of sp³-hybridized carbons (Fsp3) is 0.316. The van der Waals surface area contributed by atoms with Gasteiger partial charge in [-0.2, -0.15) is 0 Å². The third kappa shape index (κ3) is 3.37. The number of hydrogen-bond donors (Lipinski definition) is 1. The van der Waals surface area contributed by atoms with Gasteiger partial charge < -0.3 is 9.84 Å². The predicted molar refractivity (Wildman–Crippen MR) is 88.6 cm³/mol. The van der Waals surface area contributed by atoms with Gasteiger partial charge in [-0.15, -0.1) is 0 Å². The zero-order valence-corrected chi connectivity index (χ0v) is 13.2. The Hall–Kier alpha value is -2.33. The van der Waals surface area contributed by atoms with Gasteiger partial charge in [0.1, 0.15) is 5.75 Å².